The van der Waals surface area contributed by atoms with Gasteiger partial charge in [-0.05, 0) is 122 Å². The molecule has 0 spiro atoms. The number of carbonyl (C=O) groups is 2. The van der Waals surface area contributed by atoms with Gasteiger partial charge in [-0.2, -0.15) is 0 Å². The molecule has 4 aliphatic carbocycles. The van der Waals surface area contributed by atoms with Crippen LogP contribution in [0.2, 0.25) is 0 Å². The molecule has 0 aromatic heterocycles. The van der Waals surface area contributed by atoms with E-state index in [9.17, 15) is 14.7 Å². The Morgan fingerprint density at radius 3 is 2.13 bits per heavy atom. The van der Waals surface area contributed by atoms with E-state index in [1.54, 1.807) is 12.1 Å². The molecule has 5 heteroatoms. The maximum atomic E-state index is 12.8. The van der Waals surface area contributed by atoms with Crippen molar-refractivity contribution in [3.63, 3.8) is 0 Å². The normalized spacial score (nSPS) is 34.8. The summed E-state index contributed by atoms with van der Waals surface area (Å²) in [4.78, 5) is 25.7. The first-order valence-corrected chi connectivity index (χ1v) is 17.9. The summed E-state index contributed by atoms with van der Waals surface area (Å²) >= 11 is 0. The fraction of sp³-hybridized carbons (Fsp3) is 0.610. The van der Waals surface area contributed by atoms with Gasteiger partial charge in [-0.3, -0.25) is 0 Å². The average Bonchev–Trinajstić information content (AvgIpc) is 3.41. The van der Waals surface area contributed by atoms with Gasteiger partial charge in [-0.1, -0.05) is 82.7 Å². The monoisotopic (exact) mass is 626 g/mol. The van der Waals surface area contributed by atoms with Gasteiger partial charge in [0.1, 0.15) is 6.10 Å². The lowest BCUT2D eigenvalue weighted by Gasteiger charge is -2.59. The third kappa shape index (κ3) is 6.21. The van der Waals surface area contributed by atoms with Crippen LogP contribution >= 0.6 is 0 Å². The average molecular weight is 627 g/mol. The molecule has 1 N–H and O–H groups in total. The topological polar surface area (TPSA) is 72.8 Å². The first-order valence-electron chi connectivity index (χ1n) is 17.9. The van der Waals surface area contributed by atoms with Crippen LogP contribution in [0.3, 0.4) is 0 Å². The van der Waals surface area contributed by atoms with Gasteiger partial charge in [0.15, 0.2) is 0 Å². The Labute approximate surface area is 276 Å². The Kier molecular flexibility index (Phi) is 9.28. The quantitative estimate of drug-likeness (QED) is 0.171. The lowest BCUT2D eigenvalue weighted by Crippen LogP contribution is -2.53. The summed E-state index contributed by atoms with van der Waals surface area (Å²) in [7, 11) is 0. The van der Waals surface area contributed by atoms with Crippen LogP contribution in [0.25, 0.3) is 0 Å². The van der Waals surface area contributed by atoms with Gasteiger partial charge < -0.3 is 14.6 Å². The molecule has 2 aromatic rings. The third-order valence-electron chi connectivity index (χ3n) is 13.1. The zero-order valence-electron chi connectivity index (χ0n) is 28.5. The van der Waals surface area contributed by atoms with E-state index >= 15 is 0 Å². The predicted octanol–water partition coefficient (Wildman–Crippen LogP) is 9.41. The number of benzene rings is 2. The summed E-state index contributed by atoms with van der Waals surface area (Å²) in [5, 5.41) is 11.5. The van der Waals surface area contributed by atoms with Crippen LogP contribution in [0.15, 0.2) is 72.3 Å². The van der Waals surface area contributed by atoms with Crippen molar-refractivity contribution < 1.29 is 24.2 Å². The smallest absolute Gasteiger partial charge is 0.340 e. The molecular weight excluding hydrogens is 572 g/mol. The lowest BCUT2D eigenvalue weighted by molar-refractivity contribution is -0.191. The standard InChI is InChI=1S/C41H54O5/c1-27(2)36(45-37(42)29-12-8-6-9-13-29)21-16-28(3)33-19-20-34-32-18-17-31-26-41(44,46-38(43)30-14-10-7-11-15-30)25-24-39(31,4)35(32)22-23-40(33,34)5/h6-15,17,27-28,32-36,44H,16,18-26H2,1-5H3/t28-,32+,33-,34+,35+,36-,39+,40-,41+/m1/s1. The number of fused-ring (bicyclic) bond motifs is 5. The number of rotatable bonds is 9. The van der Waals surface area contributed by atoms with Gasteiger partial charge in [0, 0.05) is 12.8 Å². The highest BCUT2D eigenvalue weighted by atomic mass is 16.7. The van der Waals surface area contributed by atoms with Gasteiger partial charge in [-0.15, -0.1) is 0 Å². The maximum absolute atomic E-state index is 12.8. The molecule has 3 saturated carbocycles. The van der Waals surface area contributed by atoms with E-state index in [1.165, 1.54) is 31.3 Å². The number of hydrogen-bond acceptors (Lipinski definition) is 5. The van der Waals surface area contributed by atoms with Crippen LogP contribution in [0, 0.1) is 46.3 Å². The molecule has 0 amide bonds. The predicted molar refractivity (Wildman–Crippen MR) is 181 cm³/mol. The Bertz CT molecular complexity index is 1420. The highest BCUT2D eigenvalue weighted by Gasteiger charge is 2.60. The van der Waals surface area contributed by atoms with E-state index in [2.05, 4.69) is 40.7 Å². The zero-order valence-corrected chi connectivity index (χ0v) is 28.5. The minimum Gasteiger partial charge on any atom is -0.459 e. The maximum Gasteiger partial charge on any atom is 0.340 e. The molecule has 4 aliphatic rings. The molecule has 3 fully saturated rings. The largest absolute Gasteiger partial charge is 0.459 e. The van der Waals surface area contributed by atoms with Gasteiger partial charge in [0.05, 0.1) is 11.1 Å². The first kappa shape index (κ1) is 33.0. The van der Waals surface area contributed by atoms with Crippen molar-refractivity contribution in [2.75, 3.05) is 0 Å². The van der Waals surface area contributed by atoms with Crippen molar-refractivity contribution in [3.05, 3.63) is 83.4 Å². The second-order valence-corrected chi connectivity index (χ2v) is 16.0. The number of allylic oxidation sites excluding steroid dienone is 1. The molecule has 0 aliphatic heterocycles. The zero-order chi connectivity index (χ0) is 32.7. The van der Waals surface area contributed by atoms with Crippen LogP contribution in [0.1, 0.15) is 120 Å². The fourth-order valence-electron chi connectivity index (χ4n) is 10.4. The van der Waals surface area contributed by atoms with Crippen molar-refractivity contribution in [3.8, 4) is 0 Å². The second kappa shape index (κ2) is 12.9. The SMILES string of the molecule is CC(C)[C@@H](CC[C@@H](C)[C@H]1CC[C@H]2[C@@H]3CC=C4C[C@@](O)(OC(=O)c5ccccc5)CC[C@]4(C)[C@H]3CC[C@]12C)OC(=O)c1ccccc1. The minimum absolute atomic E-state index is 0.0481. The number of hydrogen-bond donors (Lipinski definition) is 1. The molecule has 9 atom stereocenters. The van der Waals surface area contributed by atoms with Crippen LogP contribution in [0.5, 0.6) is 0 Å². The van der Waals surface area contributed by atoms with Crippen LogP contribution in [0.4, 0.5) is 0 Å². The molecule has 0 unspecified atom stereocenters. The Morgan fingerprint density at radius 1 is 0.826 bits per heavy atom. The highest BCUT2D eigenvalue weighted by molar-refractivity contribution is 5.90. The van der Waals surface area contributed by atoms with Crippen molar-refractivity contribution >= 4 is 11.9 Å². The van der Waals surface area contributed by atoms with Crippen LogP contribution in [-0.4, -0.2) is 28.9 Å². The Hall–Kier alpha value is -2.92. The van der Waals surface area contributed by atoms with E-state index in [1.807, 2.05) is 48.5 Å². The molecule has 5 nitrogen and oxygen atoms in total. The molecule has 46 heavy (non-hydrogen) atoms. The van der Waals surface area contributed by atoms with Crippen molar-refractivity contribution in [1.82, 2.24) is 0 Å². The van der Waals surface area contributed by atoms with Gasteiger partial charge in [0.2, 0.25) is 5.79 Å². The molecule has 248 valence electrons. The van der Waals surface area contributed by atoms with E-state index in [0.717, 1.165) is 25.7 Å². The first-order chi connectivity index (χ1) is 21.9. The van der Waals surface area contributed by atoms with Gasteiger partial charge >= 0.3 is 11.9 Å². The number of aliphatic hydroxyl groups is 1. The van der Waals surface area contributed by atoms with Crippen molar-refractivity contribution in [1.29, 1.82) is 0 Å². The highest BCUT2D eigenvalue weighted by Crippen LogP contribution is 2.67. The van der Waals surface area contributed by atoms with Crippen LogP contribution < -0.4 is 0 Å². The third-order valence-corrected chi connectivity index (χ3v) is 13.1. The Morgan fingerprint density at radius 2 is 1.48 bits per heavy atom. The van der Waals surface area contributed by atoms with E-state index in [-0.39, 0.29) is 23.4 Å². The molecule has 0 heterocycles. The molecular formula is C41H54O5. The van der Waals surface area contributed by atoms with Crippen LogP contribution in [-0.2, 0) is 9.47 Å². The van der Waals surface area contributed by atoms with E-state index in [0.29, 0.717) is 59.0 Å². The summed E-state index contributed by atoms with van der Waals surface area (Å²) in [6.45, 7) is 11.8. The lowest BCUT2D eigenvalue weighted by atomic mass is 9.46. The number of esters is 2. The van der Waals surface area contributed by atoms with Gasteiger partial charge in [0.25, 0.3) is 0 Å². The molecule has 2 aromatic carbocycles. The molecule has 0 radical (unpaired) electrons. The summed E-state index contributed by atoms with van der Waals surface area (Å²) in [6, 6.07) is 18.3. The fourth-order valence-corrected chi connectivity index (χ4v) is 10.4. The molecule has 6 rings (SSSR count). The summed E-state index contributed by atoms with van der Waals surface area (Å²) in [5.74, 6) is 1.42. The molecule has 0 saturated heterocycles. The van der Waals surface area contributed by atoms with Crippen molar-refractivity contribution in [2.45, 2.75) is 111 Å². The minimum atomic E-state index is -1.44. The molecule has 0 bridgehead atoms. The van der Waals surface area contributed by atoms with Gasteiger partial charge in [-0.25, -0.2) is 9.59 Å². The van der Waals surface area contributed by atoms with E-state index in [4.69, 9.17) is 9.47 Å². The second-order valence-electron chi connectivity index (χ2n) is 16.0. The van der Waals surface area contributed by atoms with E-state index < -0.39 is 11.8 Å². The number of carbonyl (C=O) groups excluding carboxylic acids is 2. The summed E-state index contributed by atoms with van der Waals surface area (Å²) in [5.41, 5.74) is 2.77. The number of ether oxygens (including phenoxy) is 2. The van der Waals surface area contributed by atoms with Crippen molar-refractivity contribution in [2.24, 2.45) is 46.3 Å². The summed E-state index contributed by atoms with van der Waals surface area (Å²) < 4.78 is 11.8. The summed E-state index contributed by atoms with van der Waals surface area (Å²) in [6.07, 6.45) is 12.2. The Balaban J connectivity index is 1.10.